The highest BCUT2D eigenvalue weighted by molar-refractivity contribution is 5.98. The number of benzene rings is 1. The molecule has 0 saturated heterocycles. The van der Waals surface area contributed by atoms with E-state index in [1.165, 1.54) is 0 Å². The summed E-state index contributed by atoms with van der Waals surface area (Å²) >= 11 is 0. The predicted molar refractivity (Wildman–Crippen MR) is 102 cm³/mol. The zero-order valence-corrected chi connectivity index (χ0v) is 15.7. The summed E-state index contributed by atoms with van der Waals surface area (Å²) in [4.78, 5) is 36.7. The van der Waals surface area contributed by atoms with Crippen LogP contribution in [0.25, 0.3) is 0 Å². The summed E-state index contributed by atoms with van der Waals surface area (Å²) in [6.45, 7) is 0.0750. The molecule has 4 atom stereocenters. The zero-order chi connectivity index (χ0) is 19.9. The van der Waals surface area contributed by atoms with Gasteiger partial charge in [0.15, 0.2) is 0 Å². The number of allylic oxidation sites excluding steroid dienone is 2. The molecule has 0 radical (unpaired) electrons. The van der Waals surface area contributed by atoms with E-state index in [0.29, 0.717) is 11.4 Å². The summed E-state index contributed by atoms with van der Waals surface area (Å²) in [5, 5.41) is 14.5. The molecular weight excluding hydrogens is 360 g/mol. The Morgan fingerprint density at radius 1 is 1.07 bits per heavy atom. The van der Waals surface area contributed by atoms with Gasteiger partial charge in [-0.2, -0.15) is 0 Å². The molecule has 3 N–H and O–H groups in total. The second-order valence-electron chi connectivity index (χ2n) is 7.87. The number of hydrogen-bond donors (Lipinski definition) is 3. The van der Waals surface area contributed by atoms with Gasteiger partial charge in [0.25, 0.3) is 0 Å². The molecule has 1 spiro atoms. The third kappa shape index (κ3) is 3.04. The number of carbonyl (C=O) groups excluding carboxylic acids is 2. The van der Waals surface area contributed by atoms with Crippen LogP contribution in [0.3, 0.4) is 0 Å². The molecule has 7 heteroatoms. The van der Waals surface area contributed by atoms with E-state index in [1.807, 2.05) is 0 Å². The van der Waals surface area contributed by atoms with Crippen molar-refractivity contribution in [1.82, 2.24) is 5.32 Å². The van der Waals surface area contributed by atoms with Crippen LogP contribution in [-0.4, -0.2) is 36.5 Å². The van der Waals surface area contributed by atoms with Crippen LogP contribution in [0.15, 0.2) is 36.4 Å². The van der Waals surface area contributed by atoms with Gasteiger partial charge in [0.1, 0.15) is 5.75 Å². The fourth-order valence-corrected chi connectivity index (χ4v) is 5.02. The highest BCUT2D eigenvalue weighted by Gasteiger charge is 2.69. The van der Waals surface area contributed by atoms with Crippen LogP contribution in [0.1, 0.15) is 19.3 Å². The maximum atomic E-state index is 13.1. The molecule has 7 nitrogen and oxygen atoms in total. The minimum Gasteiger partial charge on any atom is -0.497 e. The van der Waals surface area contributed by atoms with E-state index >= 15 is 0 Å². The van der Waals surface area contributed by atoms with E-state index in [0.717, 1.165) is 12.8 Å². The van der Waals surface area contributed by atoms with Gasteiger partial charge in [0.05, 0.1) is 25.4 Å². The normalized spacial score (nSPS) is 28.2. The van der Waals surface area contributed by atoms with Crippen LogP contribution in [-0.2, 0) is 14.4 Å². The summed E-state index contributed by atoms with van der Waals surface area (Å²) in [5.41, 5.74) is 0.698. The lowest BCUT2D eigenvalue weighted by Gasteiger charge is -2.26. The van der Waals surface area contributed by atoms with Crippen molar-refractivity contribution >= 4 is 23.5 Å². The number of nitrogens with one attached hydrogen (secondary N) is 2. The first-order valence-electron chi connectivity index (χ1n) is 9.59. The Kier molecular flexibility index (Phi) is 4.61. The van der Waals surface area contributed by atoms with Crippen molar-refractivity contribution in [3.05, 3.63) is 36.4 Å². The third-order valence-electron chi connectivity index (χ3n) is 6.44. The molecule has 2 fully saturated rings. The summed E-state index contributed by atoms with van der Waals surface area (Å²) in [7, 11) is 1.58. The molecular formula is C21H24N2O5. The van der Waals surface area contributed by atoms with Crippen LogP contribution < -0.4 is 15.4 Å². The number of methoxy groups -OCH3 is 1. The van der Waals surface area contributed by atoms with Crippen LogP contribution in [0.4, 0.5) is 5.69 Å². The molecule has 2 bridgehead atoms. The van der Waals surface area contributed by atoms with Crippen molar-refractivity contribution in [2.75, 3.05) is 19.0 Å². The van der Waals surface area contributed by atoms with Crippen LogP contribution in [0.5, 0.6) is 5.75 Å². The number of ether oxygens (including phenoxy) is 1. The first-order chi connectivity index (χ1) is 13.5. The summed E-state index contributed by atoms with van der Waals surface area (Å²) in [6.07, 6.45) is 6.10. The number of carbonyl (C=O) groups is 3. The van der Waals surface area contributed by atoms with Crippen LogP contribution >= 0.6 is 0 Å². The van der Waals surface area contributed by atoms with Crippen molar-refractivity contribution in [3.8, 4) is 5.75 Å². The smallest absolute Gasteiger partial charge is 0.305 e. The molecule has 148 valence electrons. The lowest BCUT2D eigenvalue weighted by atomic mass is 9.81. The van der Waals surface area contributed by atoms with Crippen molar-refractivity contribution in [3.63, 3.8) is 0 Å². The van der Waals surface area contributed by atoms with Crippen molar-refractivity contribution in [2.24, 2.45) is 29.1 Å². The maximum Gasteiger partial charge on any atom is 0.305 e. The Hall–Kier alpha value is -2.83. The molecule has 1 aromatic rings. The fourth-order valence-electron chi connectivity index (χ4n) is 5.02. The number of carboxylic acids is 1. The molecule has 3 aliphatic carbocycles. The van der Waals surface area contributed by atoms with Crippen LogP contribution in [0, 0.1) is 29.1 Å². The standard InChI is InChI=1S/C21H24N2O5/c1-28-13-4-2-12(3-5-13)23-20(27)18-15-7-6-14(21(15)9-10-21)17(18)19(26)22-11-8-16(24)25/h2-7,14-15,17-18H,8-11H2,1H3,(H,22,26)(H,23,27)(H,24,25)/t14-,15+,17-,18-/m1/s1. The molecule has 2 saturated carbocycles. The van der Waals surface area contributed by atoms with Gasteiger partial charge in [-0.1, -0.05) is 12.2 Å². The van der Waals surface area contributed by atoms with Crippen molar-refractivity contribution in [1.29, 1.82) is 0 Å². The Morgan fingerprint density at radius 3 is 2.21 bits per heavy atom. The van der Waals surface area contributed by atoms with Crippen molar-refractivity contribution < 1.29 is 24.2 Å². The topological polar surface area (TPSA) is 105 Å². The number of aliphatic carboxylic acids is 1. The van der Waals surface area contributed by atoms with Crippen LogP contribution in [0.2, 0.25) is 0 Å². The lowest BCUT2D eigenvalue weighted by Crippen LogP contribution is -2.42. The molecule has 0 aromatic heterocycles. The number of hydrogen-bond acceptors (Lipinski definition) is 4. The molecule has 28 heavy (non-hydrogen) atoms. The predicted octanol–water partition coefficient (Wildman–Crippen LogP) is 2.05. The van der Waals surface area contributed by atoms with Gasteiger partial charge >= 0.3 is 5.97 Å². The number of carboxylic acid groups (broad SMARTS) is 1. The molecule has 0 aliphatic heterocycles. The molecule has 3 aliphatic rings. The van der Waals surface area contributed by atoms with Gasteiger partial charge in [-0.25, -0.2) is 0 Å². The Labute approximate surface area is 163 Å². The second kappa shape index (κ2) is 6.96. The second-order valence-corrected chi connectivity index (χ2v) is 7.87. The van der Waals surface area contributed by atoms with E-state index < -0.39 is 17.8 Å². The number of amides is 2. The average Bonchev–Trinajstić information content (AvgIpc) is 3.34. The third-order valence-corrected chi connectivity index (χ3v) is 6.44. The van der Waals surface area contributed by atoms with Gasteiger partial charge in [0.2, 0.25) is 11.8 Å². The first-order valence-corrected chi connectivity index (χ1v) is 9.59. The quantitative estimate of drug-likeness (QED) is 0.624. The van der Waals surface area contributed by atoms with Gasteiger partial charge < -0.3 is 20.5 Å². The minimum atomic E-state index is -0.958. The Balaban J connectivity index is 1.51. The van der Waals surface area contributed by atoms with E-state index in [9.17, 15) is 14.4 Å². The fraction of sp³-hybridized carbons (Fsp3) is 0.476. The summed E-state index contributed by atoms with van der Waals surface area (Å²) < 4.78 is 5.14. The van der Waals surface area contributed by atoms with Crippen molar-refractivity contribution in [2.45, 2.75) is 19.3 Å². The maximum absolute atomic E-state index is 13.1. The highest BCUT2D eigenvalue weighted by atomic mass is 16.5. The molecule has 1 aromatic carbocycles. The number of rotatable bonds is 7. The van der Waals surface area contributed by atoms with Gasteiger partial charge in [-0.05, 0) is 54.4 Å². The van der Waals surface area contributed by atoms with E-state index in [1.54, 1.807) is 31.4 Å². The first kappa shape index (κ1) is 18.5. The molecule has 0 heterocycles. The van der Waals surface area contributed by atoms with Gasteiger partial charge in [-0.3, -0.25) is 14.4 Å². The average molecular weight is 384 g/mol. The Bertz CT molecular complexity index is 828. The summed E-state index contributed by atoms with van der Waals surface area (Å²) in [5.74, 6) is -1.42. The lowest BCUT2D eigenvalue weighted by molar-refractivity contribution is -0.137. The molecule has 0 unspecified atom stereocenters. The largest absolute Gasteiger partial charge is 0.497 e. The molecule has 2 amide bonds. The van der Waals surface area contributed by atoms with E-state index in [-0.39, 0.29) is 42.0 Å². The highest BCUT2D eigenvalue weighted by Crippen LogP contribution is 2.72. The van der Waals surface area contributed by atoms with E-state index in [2.05, 4.69) is 22.8 Å². The van der Waals surface area contributed by atoms with Gasteiger partial charge in [0, 0.05) is 12.2 Å². The number of anilines is 1. The monoisotopic (exact) mass is 384 g/mol. The Morgan fingerprint density at radius 2 is 1.68 bits per heavy atom. The summed E-state index contributed by atoms with van der Waals surface area (Å²) in [6, 6.07) is 7.09. The van der Waals surface area contributed by atoms with E-state index in [4.69, 9.17) is 9.84 Å². The van der Waals surface area contributed by atoms with Gasteiger partial charge in [-0.15, -0.1) is 0 Å². The zero-order valence-electron chi connectivity index (χ0n) is 15.7. The SMILES string of the molecule is COc1ccc(NC(=O)[C@H]2[C@H](C(=O)NCCC(=O)O)[C@H]3C=C[C@@H]2C32CC2)cc1. The molecule has 4 rings (SSSR count). The minimum absolute atomic E-state index is 0.0384.